The number of hydrogen-bond donors (Lipinski definition) is 1. The molecule has 40 heavy (non-hydrogen) atoms. The molecule has 1 aliphatic heterocycles. The van der Waals surface area contributed by atoms with Crippen LogP contribution in [0.25, 0.3) is 0 Å². The Morgan fingerprint density at radius 3 is 2.67 bits per heavy atom. The van der Waals surface area contributed by atoms with E-state index in [9.17, 15) is 20.9 Å². The largest absolute Gasteiger partial charge is 0.457 e. The first-order chi connectivity index (χ1) is 23.4. The number of Topliss-reactive ketones (excluding diaryl/α,β-unsaturated/α-hetero) is 1. The highest BCUT2D eigenvalue weighted by Gasteiger charge is 2.76. The van der Waals surface area contributed by atoms with Crippen LogP contribution in [0.5, 0.6) is 0 Å². The normalized spacial score (nSPS) is 62.1. The Morgan fingerprint density at radius 2 is 1.98 bits per heavy atom. The van der Waals surface area contributed by atoms with Gasteiger partial charge in [-0.3, -0.25) is 14.4 Å². The van der Waals surface area contributed by atoms with Crippen molar-refractivity contribution in [2.75, 3.05) is 6.61 Å². The lowest BCUT2D eigenvalue weighted by Crippen LogP contribution is -2.63. The molecule has 0 spiro atoms. The molecule has 0 amide bonds. The number of allylic oxidation sites excluding steroid dienone is 4. The average molecular weight is 567 g/mol. The smallest absolute Gasteiger partial charge is 0.308 e. The summed E-state index contributed by atoms with van der Waals surface area (Å²) >= 11 is 0. The van der Waals surface area contributed by atoms with Crippen LogP contribution >= 0.6 is 0 Å². The lowest BCUT2D eigenvalue weighted by atomic mass is 9.46. The van der Waals surface area contributed by atoms with E-state index in [4.69, 9.17) is 29.3 Å². The van der Waals surface area contributed by atoms with Crippen molar-refractivity contribution in [1.82, 2.24) is 0 Å². The van der Waals surface area contributed by atoms with Crippen molar-refractivity contribution in [3.63, 3.8) is 0 Å². The first-order valence-electron chi connectivity index (χ1n) is 20.1. The Bertz CT molecular complexity index is 1630. The maximum absolute atomic E-state index is 14.6. The van der Waals surface area contributed by atoms with E-state index in [0.29, 0.717) is 6.92 Å². The lowest BCUT2D eigenvalue weighted by Gasteiger charge is -2.59. The zero-order valence-corrected chi connectivity index (χ0v) is 23.5. The summed E-state index contributed by atoms with van der Waals surface area (Å²) in [6, 6.07) is 0. The molecular weight excluding hydrogens is 508 g/mol. The van der Waals surface area contributed by atoms with Crippen LogP contribution < -0.4 is 0 Å². The summed E-state index contributed by atoms with van der Waals surface area (Å²) in [6.07, 6.45) is -17.9. The highest BCUT2D eigenvalue weighted by molar-refractivity contribution is 6.01. The number of aliphatic hydroxyl groups is 1. The highest BCUT2D eigenvalue weighted by atomic mass is 16.7. The van der Waals surface area contributed by atoms with E-state index in [1.165, 1.54) is 26.0 Å². The van der Waals surface area contributed by atoms with Gasteiger partial charge in [0.25, 0.3) is 0 Å². The Hall–Kier alpha value is -1.83. The van der Waals surface area contributed by atoms with Crippen LogP contribution in [0, 0.1) is 46.3 Å². The number of carbonyl (C=O) groups excluding carboxylic acids is 3. The summed E-state index contributed by atoms with van der Waals surface area (Å²) in [5.74, 6) is -11.4. The molecule has 0 radical (unpaired) electrons. The SMILES string of the molecule is [2H]C1([2H])C[C@@H]2[C@H]([C@@H](O)C[C@@]3(C)[C@H]2C[C@H]2O[C@@H](C4([2H])C([2H])([2H])C([2H])([2H])C([2H])(C)C([2H])([2H])C4([2H])[2H])O[C@]23C(=O)COC(=O)C(C)C)[C@@]2(C)C=CC(=O)C=C12. The van der Waals surface area contributed by atoms with Crippen molar-refractivity contribution in [3.05, 3.63) is 23.8 Å². The highest BCUT2D eigenvalue weighted by Crippen LogP contribution is 2.70. The summed E-state index contributed by atoms with van der Waals surface area (Å²) in [6.45, 7) is 6.23. The molecule has 1 N–H and O–H groups in total. The second kappa shape index (κ2) is 9.88. The maximum Gasteiger partial charge on any atom is 0.308 e. The summed E-state index contributed by atoms with van der Waals surface area (Å²) < 4.78 is 124. The number of hydrogen-bond acceptors (Lipinski definition) is 7. The van der Waals surface area contributed by atoms with Crippen LogP contribution in [0.2, 0.25) is 0 Å². The van der Waals surface area contributed by atoms with Crippen LogP contribution in [0.3, 0.4) is 0 Å². The third kappa shape index (κ3) is 4.04. The van der Waals surface area contributed by atoms with E-state index in [-0.39, 0.29) is 30.6 Å². The molecule has 1 saturated heterocycles. The van der Waals surface area contributed by atoms with Crippen molar-refractivity contribution in [2.45, 2.75) is 110 Å². The number of aliphatic hydroxyl groups excluding tert-OH is 1. The predicted molar refractivity (Wildman–Crippen MR) is 148 cm³/mol. The van der Waals surface area contributed by atoms with Gasteiger partial charge in [-0.05, 0) is 68.3 Å². The molecule has 0 aromatic rings. The van der Waals surface area contributed by atoms with Crippen molar-refractivity contribution in [3.8, 4) is 0 Å². The van der Waals surface area contributed by atoms with Gasteiger partial charge in [-0.15, -0.1) is 0 Å². The van der Waals surface area contributed by atoms with Crippen LogP contribution in [-0.2, 0) is 28.6 Å². The van der Waals surface area contributed by atoms with E-state index in [2.05, 4.69) is 0 Å². The third-order valence-electron chi connectivity index (χ3n) is 10.1. The molecule has 0 bridgehead atoms. The molecule has 5 aliphatic carbocycles. The number of carbonyl (C=O) groups is 3. The van der Waals surface area contributed by atoms with Gasteiger partial charge in [-0.1, -0.05) is 59.0 Å². The lowest BCUT2D eigenvalue weighted by molar-refractivity contribution is -0.210. The minimum Gasteiger partial charge on any atom is -0.457 e. The molecule has 0 aromatic heterocycles. The molecule has 7 nitrogen and oxygen atoms in total. The zero-order chi connectivity index (χ0) is 39.4. The van der Waals surface area contributed by atoms with E-state index in [1.54, 1.807) is 19.9 Å². The predicted octanol–water partition coefficient (Wildman–Crippen LogP) is 4.95. The molecule has 7 heteroatoms. The number of fused-ring (bicyclic) bond motifs is 7. The number of ketones is 2. The van der Waals surface area contributed by atoms with Gasteiger partial charge in [0.05, 0.1) is 18.1 Å². The first kappa shape index (κ1) is 17.3. The van der Waals surface area contributed by atoms with Gasteiger partial charge >= 0.3 is 5.97 Å². The molecule has 4 saturated carbocycles. The first-order valence-corrected chi connectivity index (χ1v) is 14.1. The fourth-order valence-electron chi connectivity index (χ4n) is 8.22. The van der Waals surface area contributed by atoms with Crippen molar-refractivity contribution < 1.29 is 50.1 Å². The molecule has 220 valence electrons. The summed E-state index contributed by atoms with van der Waals surface area (Å²) in [7, 11) is 0. The molecule has 6 rings (SSSR count). The van der Waals surface area contributed by atoms with Crippen molar-refractivity contribution in [2.24, 2.45) is 46.3 Å². The Morgan fingerprint density at radius 1 is 1.25 bits per heavy atom. The van der Waals surface area contributed by atoms with Crippen molar-refractivity contribution in [1.29, 1.82) is 0 Å². The maximum atomic E-state index is 14.6. The second-order valence-corrected chi connectivity index (χ2v) is 12.7. The van der Waals surface area contributed by atoms with Crippen LogP contribution in [0.1, 0.15) is 102 Å². The Labute approximate surface area is 254 Å². The van der Waals surface area contributed by atoms with Gasteiger partial charge in [0.15, 0.2) is 24.3 Å². The minimum atomic E-state index is -3.68. The van der Waals surface area contributed by atoms with E-state index in [1.807, 2.05) is 0 Å². The minimum absolute atomic E-state index is 0.114. The average Bonchev–Trinajstić information content (AvgIpc) is 3.52. The third-order valence-corrected chi connectivity index (χ3v) is 10.1. The van der Waals surface area contributed by atoms with Gasteiger partial charge in [0.2, 0.25) is 5.78 Å². The number of esters is 1. The molecule has 9 atom stereocenters. The Kier molecular flexibility index (Phi) is 4.28. The quantitative estimate of drug-likeness (QED) is 0.470. The number of rotatable bonds is 5. The van der Waals surface area contributed by atoms with Gasteiger partial charge in [-0.2, -0.15) is 0 Å². The van der Waals surface area contributed by atoms with Crippen LogP contribution in [-0.4, -0.2) is 53.3 Å². The zero-order valence-electron chi connectivity index (χ0n) is 35.5. The molecule has 0 unspecified atom stereocenters. The standard InChI is InChI=1S/C33H46O7/c1-18(2)29(37)38-17-26(36)33-27(39-30(40-33)20-8-6-19(3)7-9-20)15-24-23-11-10-21-14-22(34)12-13-31(21,4)28(23)25(35)16-32(24,33)5/h12-14,18-20,23-25,27-28,30,35H,6-11,15-17H2,1-5H3/t19?,20?,23-,24-,25-,27+,28+,30+,31-,32-,33+/m0/s1/i6D2,7D2,8D2,9D2,10D2,19D,20D. The van der Waals surface area contributed by atoms with E-state index < -0.39 is 121 Å². The molecular formula is C33H46O7. The van der Waals surface area contributed by atoms with Crippen LogP contribution in [0.4, 0.5) is 0 Å². The Balaban J connectivity index is 1.50. The monoisotopic (exact) mass is 566 g/mol. The van der Waals surface area contributed by atoms with E-state index >= 15 is 0 Å². The van der Waals surface area contributed by atoms with Gasteiger partial charge in [0, 0.05) is 39.1 Å². The summed E-state index contributed by atoms with van der Waals surface area (Å²) in [5, 5.41) is 12.1. The van der Waals surface area contributed by atoms with Gasteiger partial charge in [0.1, 0.15) is 0 Å². The fraction of sp³-hybridized carbons (Fsp3) is 0.788. The molecule has 1 heterocycles. The van der Waals surface area contributed by atoms with E-state index in [0.717, 1.165) is 0 Å². The summed E-state index contributed by atoms with van der Waals surface area (Å²) in [4.78, 5) is 39.6. The topological polar surface area (TPSA) is 99.1 Å². The molecule has 0 aromatic carbocycles. The fourth-order valence-corrected chi connectivity index (χ4v) is 8.22. The second-order valence-electron chi connectivity index (χ2n) is 12.7. The molecule has 5 fully saturated rings. The van der Waals surface area contributed by atoms with Crippen molar-refractivity contribution >= 4 is 17.5 Å². The van der Waals surface area contributed by atoms with Crippen LogP contribution in [0.15, 0.2) is 23.8 Å². The molecule has 6 aliphatic rings. The van der Waals surface area contributed by atoms with Gasteiger partial charge < -0.3 is 19.3 Å². The van der Waals surface area contributed by atoms with Gasteiger partial charge in [-0.25, -0.2) is 0 Å². The number of ether oxygens (including phenoxy) is 3. The summed E-state index contributed by atoms with van der Waals surface area (Å²) in [5.41, 5.74) is -4.71.